The van der Waals surface area contributed by atoms with Crippen molar-refractivity contribution in [3.05, 3.63) is 58.1 Å². The Balaban J connectivity index is 1.56. The molecule has 1 saturated carbocycles. The largest absolute Gasteiger partial charge is 0.482 e. The SMILES string of the molecule is O=C(COc1ccc(Cl)cc1Cl)Nc1cccc(C(=O)NC2CC2)c1. The van der Waals surface area contributed by atoms with Crippen molar-refractivity contribution < 1.29 is 14.3 Å². The van der Waals surface area contributed by atoms with Crippen LogP contribution in [0.15, 0.2) is 42.5 Å². The van der Waals surface area contributed by atoms with Crippen molar-refractivity contribution in [1.29, 1.82) is 0 Å². The fourth-order valence-electron chi connectivity index (χ4n) is 2.17. The van der Waals surface area contributed by atoms with Crippen molar-refractivity contribution in [3.63, 3.8) is 0 Å². The fraction of sp³-hybridized carbons (Fsp3) is 0.222. The van der Waals surface area contributed by atoms with Crippen LogP contribution in [0.2, 0.25) is 10.0 Å². The zero-order chi connectivity index (χ0) is 17.8. The molecular weight excluding hydrogens is 363 g/mol. The third kappa shape index (κ3) is 5.11. The molecule has 3 rings (SSSR count). The summed E-state index contributed by atoms with van der Waals surface area (Å²) in [4.78, 5) is 24.1. The van der Waals surface area contributed by atoms with Crippen molar-refractivity contribution in [1.82, 2.24) is 5.32 Å². The highest BCUT2D eigenvalue weighted by molar-refractivity contribution is 6.35. The first-order valence-corrected chi connectivity index (χ1v) is 8.55. The van der Waals surface area contributed by atoms with Crippen LogP contribution in [-0.4, -0.2) is 24.5 Å². The summed E-state index contributed by atoms with van der Waals surface area (Å²) in [5.41, 5.74) is 1.03. The van der Waals surface area contributed by atoms with Crippen LogP contribution in [0.5, 0.6) is 5.75 Å². The Morgan fingerprint density at radius 1 is 1.12 bits per heavy atom. The smallest absolute Gasteiger partial charge is 0.262 e. The summed E-state index contributed by atoms with van der Waals surface area (Å²) >= 11 is 11.8. The predicted octanol–water partition coefficient (Wildman–Crippen LogP) is 3.90. The fourth-order valence-corrected chi connectivity index (χ4v) is 2.63. The highest BCUT2D eigenvalue weighted by atomic mass is 35.5. The number of ether oxygens (including phenoxy) is 1. The van der Waals surface area contributed by atoms with E-state index in [1.807, 2.05) is 0 Å². The van der Waals surface area contributed by atoms with E-state index < -0.39 is 0 Å². The maximum Gasteiger partial charge on any atom is 0.262 e. The van der Waals surface area contributed by atoms with E-state index in [4.69, 9.17) is 27.9 Å². The molecule has 25 heavy (non-hydrogen) atoms. The molecule has 2 aromatic rings. The minimum absolute atomic E-state index is 0.136. The molecule has 2 aromatic carbocycles. The van der Waals surface area contributed by atoms with Crippen molar-refractivity contribution >= 4 is 40.7 Å². The molecule has 0 unspecified atom stereocenters. The number of rotatable bonds is 6. The van der Waals surface area contributed by atoms with Gasteiger partial charge in [-0.05, 0) is 49.2 Å². The van der Waals surface area contributed by atoms with Gasteiger partial charge in [-0.15, -0.1) is 0 Å². The standard InChI is InChI=1S/C18H16Cl2N2O3/c19-12-4-7-16(15(20)9-12)25-10-17(23)21-14-3-1-2-11(8-14)18(24)22-13-5-6-13/h1-4,7-9,13H,5-6,10H2,(H,21,23)(H,22,24). The highest BCUT2D eigenvalue weighted by Gasteiger charge is 2.23. The Morgan fingerprint density at radius 2 is 1.92 bits per heavy atom. The molecule has 0 heterocycles. The average molecular weight is 379 g/mol. The van der Waals surface area contributed by atoms with E-state index in [9.17, 15) is 9.59 Å². The summed E-state index contributed by atoms with van der Waals surface area (Å²) < 4.78 is 5.38. The number of benzene rings is 2. The van der Waals surface area contributed by atoms with Crippen LogP contribution < -0.4 is 15.4 Å². The molecule has 5 nitrogen and oxygen atoms in total. The predicted molar refractivity (Wildman–Crippen MR) is 97.5 cm³/mol. The molecule has 0 spiro atoms. The quantitative estimate of drug-likeness (QED) is 0.800. The lowest BCUT2D eigenvalue weighted by molar-refractivity contribution is -0.118. The molecular formula is C18H16Cl2N2O3. The van der Waals surface area contributed by atoms with E-state index in [0.29, 0.717) is 27.0 Å². The minimum Gasteiger partial charge on any atom is -0.482 e. The second kappa shape index (κ2) is 7.76. The Hall–Kier alpha value is -2.24. The van der Waals surface area contributed by atoms with E-state index in [1.165, 1.54) is 6.07 Å². The lowest BCUT2D eigenvalue weighted by atomic mass is 10.2. The lowest BCUT2D eigenvalue weighted by Gasteiger charge is -2.10. The van der Waals surface area contributed by atoms with Crippen molar-refractivity contribution in [2.24, 2.45) is 0 Å². The van der Waals surface area contributed by atoms with Gasteiger partial charge in [0.05, 0.1) is 5.02 Å². The number of amides is 2. The van der Waals surface area contributed by atoms with Gasteiger partial charge in [-0.25, -0.2) is 0 Å². The molecule has 0 aromatic heterocycles. The molecule has 2 N–H and O–H groups in total. The number of hydrogen-bond acceptors (Lipinski definition) is 3. The molecule has 0 radical (unpaired) electrons. The average Bonchev–Trinajstić information content (AvgIpc) is 3.38. The number of nitrogens with one attached hydrogen (secondary N) is 2. The van der Waals surface area contributed by atoms with E-state index in [2.05, 4.69) is 10.6 Å². The van der Waals surface area contributed by atoms with Crippen molar-refractivity contribution in [2.75, 3.05) is 11.9 Å². The number of carbonyl (C=O) groups is 2. The molecule has 0 saturated heterocycles. The maximum absolute atomic E-state index is 12.0. The molecule has 7 heteroatoms. The van der Waals surface area contributed by atoms with Gasteiger partial charge in [-0.2, -0.15) is 0 Å². The first-order chi connectivity index (χ1) is 12.0. The van der Waals surface area contributed by atoms with E-state index in [0.717, 1.165) is 12.8 Å². The molecule has 130 valence electrons. The Kier molecular flexibility index (Phi) is 5.46. The van der Waals surface area contributed by atoms with E-state index in [1.54, 1.807) is 36.4 Å². The zero-order valence-electron chi connectivity index (χ0n) is 13.2. The topological polar surface area (TPSA) is 67.4 Å². The van der Waals surface area contributed by atoms with Crippen LogP contribution in [0.3, 0.4) is 0 Å². The van der Waals surface area contributed by atoms with Crippen LogP contribution in [-0.2, 0) is 4.79 Å². The maximum atomic E-state index is 12.0. The Morgan fingerprint density at radius 3 is 2.64 bits per heavy atom. The van der Waals surface area contributed by atoms with Crippen LogP contribution >= 0.6 is 23.2 Å². The van der Waals surface area contributed by atoms with Gasteiger partial charge in [0.15, 0.2) is 6.61 Å². The second-order valence-electron chi connectivity index (χ2n) is 5.74. The van der Waals surface area contributed by atoms with Crippen LogP contribution in [0.25, 0.3) is 0 Å². The molecule has 1 fully saturated rings. The third-order valence-electron chi connectivity index (χ3n) is 3.57. The second-order valence-corrected chi connectivity index (χ2v) is 6.58. The number of halogens is 2. The number of anilines is 1. The van der Waals surface area contributed by atoms with Gasteiger partial charge >= 0.3 is 0 Å². The third-order valence-corrected chi connectivity index (χ3v) is 4.10. The van der Waals surface area contributed by atoms with Crippen molar-refractivity contribution in [3.8, 4) is 5.75 Å². The molecule has 2 amide bonds. The lowest BCUT2D eigenvalue weighted by Crippen LogP contribution is -2.25. The minimum atomic E-state index is -0.356. The van der Waals surface area contributed by atoms with Gasteiger partial charge in [0.2, 0.25) is 0 Å². The highest BCUT2D eigenvalue weighted by Crippen LogP contribution is 2.27. The van der Waals surface area contributed by atoms with Gasteiger partial charge in [-0.3, -0.25) is 9.59 Å². The van der Waals surface area contributed by atoms with Gasteiger partial charge in [0, 0.05) is 22.3 Å². The van der Waals surface area contributed by atoms with Gasteiger partial charge in [-0.1, -0.05) is 29.3 Å². The Bertz CT molecular complexity index is 807. The monoisotopic (exact) mass is 378 g/mol. The molecule has 1 aliphatic carbocycles. The number of carbonyl (C=O) groups excluding carboxylic acids is 2. The van der Waals surface area contributed by atoms with Gasteiger partial charge in [0.25, 0.3) is 11.8 Å². The first-order valence-electron chi connectivity index (χ1n) is 7.80. The van der Waals surface area contributed by atoms with Crippen LogP contribution in [0, 0.1) is 0 Å². The zero-order valence-corrected chi connectivity index (χ0v) is 14.7. The summed E-state index contributed by atoms with van der Waals surface area (Å²) in [5, 5.41) is 6.42. The van der Waals surface area contributed by atoms with Gasteiger partial charge in [0.1, 0.15) is 5.75 Å². The summed E-state index contributed by atoms with van der Waals surface area (Å²) in [7, 11) is 0. The Labute approximate surface area is 155 Å². The van der Waals surface area contributed by atoms with Crippen LogP contribution in [0.4, 0.5) is 5.69 Å². The van der Waals surface area contributed by atoms with E-state index in [-0.39, 0.29) is 24.5 Å². The summed E-state index contributed by atoms with van der Waals surface area (Å²) in [6.45, 7) is -0.208. The molecule has 1 aliphatic rings. The molecule has 0 atom stereocenters. The molecule has 0 aliphatic heterocycles. The summed E-state index contributed by atoms with van der Waals surface area (Å²) in [6.07, 6.45) is 2.04. The van der Waals surface area contributed by atoms with Crippen LogP contribution in [0.1, 0.15) is 23.2 Å². The molecule has 0 bridgehead atoms. The summed E-state index contributed by atoms with van der Waals surface area (Å²) in [6, 6.07) is 11.8. The van der Waals surface area contributed by atoms with Gasteiger partial charge < -0.3 is 15.4 Å². The van der Waals surface area contributed by atoms with Crippen molar-refractivity contribution in [2.45, 2.75) is 18.9 Å². The first kappa shape index (κ1) is 17.6. The normalized spacial score (nSPS) is 13.2. The van der Waals surface area contributed by atoms with E-state index >= 15 is 0 Å². The number of hydrogen-bond donors (Lipinski definition) is 2. The summed E-state index contributed by atoms with van der Waals surface area (Å²) in [5.74, 6) is -0.118.